The molecule has 6 heteroatoms. The van der Waals surface area contributed by atoms with Gasteiger partial charge in [-0.1, -0.05) is 27.2 Å². The quantitative estimate of drug-likeness (QED) is 0.574. The van der Waals surface area contributed by atoms with E-state index in [1.807, 2.05) is 6.92 Å². The minimum atomic E-state index is -0.990. The molecule has 3 N–H and O–H groups in total. The van der Waals surface area contributed by atoms with E-state index >= 15 is 0 Å². The Morgan fingerprint density at radius 1 is 1.22 bits per heavy atom. The van der Waals surface area contributed by atoms with Crippen LogP contribution in [0, 0.1) is 0 Å². The van der Waals surface area contributed by atoms with Gasteiger partial charge in [0.2, 0.25) is 0 Å². The number of urea groups is 1. The average molecular weight is 259 g/mol. The first-order valence-electron chi connectivity index (χ1n) is 6.54. The summed E-state index contributed by atoms with van der Waals surface area (Å²) in [5, 5.41) is 14.0. The van der Waals surface area contributed by atoms with Crippen LogP contribution in [0.1, 0.15) is 33.6 Å². The third-order valence-corrected chi connectivity index (χ3v) is 2.79. The van der Waals surface area contributed by atoms with Gasteiger partial charge in [-0.3, -0.25) is 0 Å². The Labute approximate surface area is 109 Å². The standard InChI is InChI=1S/C12H25N3O3/c1-4-7-10(11(16)17)14-12(18)13-8-9-15(5-2)6-3/h10H,4-9H2,1-3H3,(H,16,17)(H2,13,14,18)/t10-/m0/s1. The first-order chi connectivity index (χ1) is 8.54. The SMILES string of the molecule is CCC[C@H](NC(=O)NCCN(CC)CC)C(=O)O. The molecule has 6 nitrogen and oxygen atoms in total. The van der Waals surface area contributed by atoms with Crippen molar-refractivity contribution in [2.24, 2.45) is 0 Å². The molecule has 0 rings (SSSR count). The van der Waals surface area contributed by atoms with Gasteiger partial charge in [-0.25, -0.2) is 9.59 Å². The maximum atomic E-state index is 11.5. The first kappa shape index (κ1) is 16.7. The first-order valence-corrected chi connectivity index (χ1v) is 6.54. The Morgan fingerprint density at radius 3 is 2.28 bits per heavy atom. The van der Waals surface area contributed by atoms with Crippen molar-refractivity contribution in [1.29, 1.82) is 0 Å². The number of nitrogens with one attached hydrogen (secondary N) is 2. The minimum Gasteiger partial charge on any atom is -0.480 e. The topological polar surface area (TPSA) is 81.7 Å². The Kier molecular flexibility index (Phi) is 9.00. The zero-order valence-electron chi connectivity index (χ0n) is 11.5. The summed E-state index contributed by atoms with van der Waals surface area (Å²) in [5.74, 6) is -0.990. The molecule has 106 valence electrons. The normalized spacial score (nSPS) is 12.2. The molecule has 0 aromatic rings. The number of carbonyl (C=O) groups excluding carboxylic acids is 1. The van der Waals surface area contributed by atoms with E-state index in [9.17, 15) is 9.59 Å². The number of nitrogens with zero attached hydrogens (tertiary/aromatic N) is 1. The summed E-state index contributed by atoms with van der Waals surface area (Å²) in [7, 11) is 0. The van der Waals surface area contributed by atoms with Crippen LogP contribution < -0.4 is 10.6 Å². The molecular formula is C12H25N3O3. The molecule has 0 saturated carbocycles. The van der Waals surface area contributed by atoms with Gasteiger partial charge in [0, 0.05) is 13.1 Å². The summed E-state index contributed by atoms with van der Waals surface area (Å²) in [6.45, 7) is 9.17. The number of amides is 2. The van der Waals surface area contributed by atoms with Gasteiger partial charge >= 0.3 is 12.0 Å². The summed E-state index contributed by atoms with van der Waals surface area (Å²) >= 11 is 0. The molecule has 0 spiro atoms. The van der Waals surface area contributed by atoms with Gasteiger partial charge in [0.25, 0.3) is 0 Å². The van der Waals surface area contributed by atoms with Crippen molar-refractivity contribution in [3.8, 4) is 0 Å². The van der Waals surface area contributed by atoms with Crippen molar-refractivity contribution in [1.82, 2.24) is 15.5 Å². The molecule has 0 radical (unpaired) electrons. The number of aliphatic carboxylic acids is 1. The van der Waals surface area contributed by atoms with Crippen molar-refractivity contribution in [2.45, 2.75) is 39.7 Å². The van der Waals surface area contributed by atoms with Crippen LogP contribution in [-0.2, 0) is 4.79 Å². The number of likely N-dealkylation sites (N-methyl/N-ethyl adjacent to an activating group) is 1. The Balaban J connectivity index is 3.91. The monoisotopic (exact) mass is 259 g/mol. The predicted octanol–water partition coefficient (Wildman–Crippen LogP) is 0.881. The number of rotatable bonds is 9. The molecule has 0 bridgehead atoms. The molecular weight excluding hydrogens is 234 g/mol. The van der Waals surface area contributed by atoms with E-state index in [0.29, 0.717) is 13.0 Å². The molecule has 18 heavy (non-hydrogen) atoms. The van der Waals surface area contributed by atoms with Crippen LogP contribution in [0.2, 0.25) is 0 Å². The summed E-state index contributed by atoms with van der Waals surface area (Å²) in [6, 6.07) is -1.22. The van der Waals surface area contributed by atoms with Crippen molar-refractivity contribution in [3.63, 3.8) is 0 Å². The lowest BCUT2D eigenvalue weighted by Crippen LogP contribution is -2.47. The highest BCUT2D eigenvalue weighted by molar-refractivity contribution is 5.82. The molecule has 0 aromatic carbocycles. The molecule has 1 atom stereocenters. The van der Waals surface area contributed by atoms with E-state index in [-0.39, 0.29) is 0 Å². The largest absolute Gasteiger partial charge is 0.480 e. The third kappa shape index (κ3) is 7.11. The van der Waals surface area contributed by atoms with Gasteiger partial charge in [-0.2, -0.15) is 0 Å². The highest BCUT2D eigenvalue weighted by Crippen LogP contribution is 1.96. The second-order valence-corrected chi connectivity index (χ2v) is 4.11. The number of carbonyl (C=O) groups is 2. The van der Waals surface area contributed by atoms with Gasteiger partial charge in [0.05, 0.1) is 0 Å². The lowest BCUT2D eigenvalue weighted by Gasteiger charge is -2.19. The predicted molar refractivity (Wildman–Crippen MR) is 70.7 cm³/mol. The molecule has 0 fully saturated rings. The second kappa shape index (κ2) is 9.70. The molecule has 0 unspecified atom stereocenters. The fraction of sp³-hybridized carbons (Fsp3) is 0.833. The number of carboxylic acid groups (broad SMARTS) is 1. The van der Waals surface area contributed by atoms with Crippen molar-refractivity contribution < 1.29 is 14.7 Å². The number of hydrogen-bond acceptors (Lipinski definition) is 3. The van der Waals surface area contributed by atoms with E-state index < -0.39 is 18.0 Å². The van der Waals surface area contributed by atoms with Crippen molar-refractivity contribution >= 4 is 12.0 Å². The van der Waals surface area contributed by atoms with Gasteiger partial charge in [-0.15, -0.1) is 0 Å². The maximum absolute atomic E-state index is 11.5. The fourth-order valence-electron chi connectivity index (χ4n) is 1.62. The number of hydrogen-bond donors (Lipinski definition) is 3. The molecule has 0 aliphatic rings. The van der Waals surface area contributed by atoms with Gasteiger partial charge < -0.3 is 20.6 Å². The van der Waals surface area contributed by atoms with Crippen LogP contribution in [0.3, 0.4) is 0 Å². The van der Waals surface area contributed by atoms with Crippen LogP contribution >= 0.6 is 0 Å². The van der Waals surface area contributed by atoms with Gasteiger partial charge in [0.15, 0.2) is 0 Å². The highest BCUT2D eigenvalue weighted by atomic mass is 16.4. The van der Waals surface area contributed by atoms with E-state index in [4.69, 9.17) is 5.11 Å². The molecule has 2 amide bonds. The third-order valence-electron chi connectivity index (χ3n) is 2.79. The maximum Gasteiger partial charge on any atom is 0.326 e. The lowest BCUT2D eigenvalue weighted by molar-refractivity contribution is -0.139. The molecule has 0 aliphatic heterocycles. The average Bonchev–Trinajstić information content (AvgIpc) is 2.34. The van der Waals surface area contributed by atoms with E-state index in [0.717, 1.165) is 26.1 Å². The van der Waals surface area contributed by atoms with Crippen LogP contribution in [-0.4, -0.2) is 54.2 Å². The van der Waals surface area contributed by atoms with Crippen LogP contribution in [0.5, 0.6) is 0 Å². The molecule has 0 saturated heterocycles. The molecule has 0 heterocycles. The Bertz CT molecular complexity index is 255. The smallest absolute Gasteiger partial charge is 0.326 e. The van der Waals surface area contributed by atoms with Gasteiger partial charge in [-0.05, 0) is 19.5 Å². The van der Waals surface area contributed by atoms with Crippen LogP contribution in [0.25, 0.3) is 0 Å². The zero-order valence-corrected chi connectivity index (χ0v) is 11.5. The number of carboxylic acids is 1. The minimum absolute atomic E-state index is 0.414. The van der Waals surface area contributed by atoms with E-state index in [1.165, 1.54) is 0 Å². The van der Waals surface area contributed by atoms with Crippen LogP contribution in [0.4, 0.5) is 4.79 Å². The van der Waals surface area contributed by atoms with Crippen LogP contribution in [0.15, 0.2) is 0 Å². The summed E-state index contributed by atoms with van der Waals surface area (Å²) < 4.78 is 0. The van der Waals surface area contributed by atoms with Gasteiger partial charge in [0.1, 0.15) is 6.04 Å². The van der Waals surface area contributed by atoms with E-state index in [2.05, 4.69) is 29.4 Å². The molecule has 0 aliphatic carbocycles. The Hall–Kier alpha value is -1.30. The summed E-state index contributed by atoms with van der Waals surface area (Å²) in [5.41, 5.74) is 0. The zero-order chi connectivity index (χ0) is 14.0. The second-order valence-electron chi connectivity index (χ2n) is 4.11. The lowest BCUT2D eigenvalue weighted by atomic mass is 10.2. The molecule has 0 aromatic heterocycles. The van der Waals surface area contributed by atoms with Crippen molar-refractivity contribution in [3.05, 3.63) is 0 Å². The van der Waals surface area contributed by atoms with E-state index in [1.54, 1.807) is 0 Å². The Morgan fingerprint density at radius 2 is 1.83 bits per heavy atom. The summed E-state index contributed by atoms with van der Waals surface area (Å²) in [4.78, 5) is 24.5. The van der Waals surface area contributed by atoms with Crippen molar-refractivity contribution in [2.75, 3.05) is 26.2 Å². The fourth-order valence-corrected chi connectivity index (χ4v) is 1.62. The summed E-state index contributed by atoms with van der Waals surface area (Å²) in [6.07, 6.45) is 1.16. The highest BCUT2D eigenvalue weighted by Gasteiger charge is 2.18.